The Morgan fingerprint density at radius 2 is 2.17 bits per heavy atom. The molecule has 0 aliphatic heterocycles. The molecule has 2 rings (SSSR count). The zero-order valence-corrected chi connectivity index (χ0v) is 15.0. The van der Waals surface area contributed by atoms with E-state index < -0.39 is 11.6 Å². The van der Waals surface area contributed by atoms with Gasteiger partial charge in [-0.25, -0.2) is 0 Å². The van der Waals surface area contributed by atoms with Crippen LogP contribution in [0.4, 0.5) is 0 Å². The lowest BCUT2D eigenvalue weighted by atomic mass is 9.91. The molecule has 0 saturated heterocycles. The molecule has 1 aliphatic carbocycles. The Balaban J connectivity index is 2.09. The van der Waals surface area contributed by atoms with Crippen LogP contribution in [0, 0.1) is 24.2 Å². The highest BCUT2D eigenvalue weighted by Gasteiger charge is 2.46. The fourth-order valence-corrected chi connectivity index (χ4v) is 2.96. The van der Waals surface area contributed by atoms with Crippen molar-refractivity contribution in [1.82, 2.24) is 5.32 Å². The molecule has 0 bridgehead atoms. The minimum Gasteiger partial charge on any atom is -0.479 e. The number of nitrogens with zero attached hydrogens (tertiary/aromatic N) is 1. The third kappa shape index (κ3) is 3.73. The normalized spacial score (nSPS) is 17.7. The lowest BCUT2D eigenvalue weighted by Crippen LogP contribution is -2.52. The smallest absolute Gasteiger partial charge is 0.262 e. The van der Waals surface area contributed by atoms with Crippen LogP contribution in [0.5, 0.6) is 5.75 Å². The molecule has 6 heteroatoms. The molecule has 1 aromatic carbocycles. The van der Waals surface area contributed by atoms with Crippen molar-refractivity contribution in [3.8, 4) is 11.8 Å². The molecule has 0 radical (unpaired) electrons. The molecule has 1 amide bonds. The van der Waals surface area contributed by atoms with Crippen LogP contribution < -0.4 is 10.1 Å². The van der Waals surface area contributed by atoms with Crippen LogP contribution in [-0.4, -0.2) is 17.6 Å². The van der Waals surface area contributed by atoms with Crippen molar-refractivity contribution >= 4 is 29.1 Å². The third-order valence-electron chi connectivity index (χ3n) is 4.34. The first-order valence-electron chi connectivity index (χ1n) is 7.69. The van der Waals surface area contributed by atoms with E-state index in [0.717, 1.165) is 12.8 Å². The largest absolute Gasteiger partial charge is 0.479 e. The van der Waals surface area contributed by atoms with Crippen molar-refractivity contribution in [3.63, 3.8) is 0 Å². The Bertz CT molecular complexity index is 653. The lowest BCUT2D eigenvalue weighted by Gasteiger charge is -2.28. The highest BCUT2D eigenvalue weighted by atomic mass is 35.5. The van der Waals surface area contributed by atoms with Gasteiger partial charge < -0.3 is 10.1 Å². The maximum absolute atomic E-state index is 12.4. The standard InChI is InChI=1S/C17H20Cl2N2O2/c1-4-17(9-20,12-5-6-12)21-16(22)11(3)23-14-8-7-13(18)10(2)15(14)19/h7-8,11-12H,4-6H2,1-3H3,(H,21,22). The molecule has 2 unspecified atom stereocenters. The van der Waals surface area contributed by atoms with Crippen LogP contribution in [0.1, 0.15) is 38.7 Å². The number of carbonyl (C=O) groups is 1. The van der Waals surface area contributed by atoms with Gasteiger partial charge in [0.1, 0.15) is 11.3 Å². The van der Waals surface area contributed by atoms with Gasteiger partial charge >= 0.3 is 0 Å². The fourth-order valence-electron chi connectivity index (χ4n) is 2.55. The Morgan fingerprint density at radius 1 is 1.52 bits per heavy atom. The highest BCUT2D eigenvalue weighted by molar-refractivity contribution is 6.36. The first kappa shape index (κ1) is 17.9. The number of ether oxygens (including phenoxy) is 1. The van der Waals surface area contributed by atoms with E-state index in [4.69, 9.17) is 27.9 Å². The summed E-state index contributed by atoms with van der Waals surface area (Å²) >= 11 is 12.2. The summed E-state index contributed by atoms with van der Waals surface area (Å²) in [5, 5.41) is 13.3. The van der Waals surface area contributed by atoms with Gasteiger partial charge in [0, 0.05) is 5.02 Å². The molecule has 0 aromatic heterocycles. The number of rotatable bonds is 6. The van der Waals surface area contributed by atoms with Crippen LogP contribution in [-0.2, 0) is 4.79 Å². The summed E-state index contributed by atoms with van der Waals surface area (Å²) in [7, 11) is 0. The topological polar surface area (TPSA) is 62.1 Å². The lowest BCUT2D eigenvalue weighted by molar-refractivity contribution is -0.129. The maximum Gasteiger partial charge on any atom is 0.262 e. The molecule has 1 aromatic rings. The Labute approximate surface area is 146 Å². The molecule has 1 fully saturated rings. The molecule has 1 aliphatic rings. The van der Waals surface area contributed by atoms with Gasteiger partial charge in [0.25, 0.3) is 5.91 Å². The van der Waals surface area contributed by atoms with Crippen molar-refractivity contribution < 1.29 is 9.53 Å². The SMILES string of the molecule is CCC(C#N)(NC(=O)C(C)Oc1ccc(Cl)c(C)c1Cl)C1CC1. The first-order chi connectivity index (χ1) is 10.8. The molecule has 0 spiro atoms. The molecule has 124 valence electrons. The summed E-state index contributed by atoms with van der Waals surface area (Å²) in [5.74, 6) is 0.320. The molecule has 2 atom stereocenters. The second-order valence-electron chi connectivity index (χ2n) is 5.94. The van der Waals surface area contributed by atoms with Gasteiger partial charge in [-0.05, 0) is 56.7 Å². The minimum absolute atomic E-state index is 0.231. The van der Waals surface area contributed by atoms with E-state index in [1.165, 1.54) is 0 Å². The van der Waals surface area contributed by atoms with Crippen LogP contribution >= 0.6 is 23.2 Å². The summed E-state index contributed by atoms with van der Waals surface area (Å²) in [6.45, 7) is 5.33. The monoisotopic (exact) mass is 354 g/mol. The average molecular weight is 355 g/mol. The highest BCUT2D eigenvalue weighted by Crippen LogP contribution is 2.41. The molecule has 1 N–H and O–H groups in total. The van der Waals surface area contributed by atoms with Gasteiger partial charge in [-0.1, -0.05) is 30.1 Å². The Hall–Kier alpha value is -1.44. The van der Waals surface area contributed by atoms with Gasteiger partial charge in [-0.3, -0.25) is 4.79 Å². The fraction of sp³-hybridized carbons (Fsp3) is 0.529. The zero-order chi connectivity index (χ0) is 17.2. The number of nitriles is 1. The minimum atomic E-state index is -0.797. The van der Waals surface area contributed by atoms with Gasteiger partial charge in [-0.15, -0.1) is 0 Å². The predicted octanol–water partition coefficient (Wildman–Crippen LogP) is 4.27. The van der Waals surface area contributed by atoms with Crippen LogP contribution in [0.15, 0.2) is 12.1 Å². The number of benzene rings is 1. The van der Waals surface area contributed by atoms with E-state index in [-0.39, 0.29) is 11.8 Å². The van der Waals surface area contributed by atoms with E-state index in [1.54, 1.807) is 26.0 Å². The Kier molecular flexibility index (Phi) is 5.44. The average Bonchev–Trinajstić information content (AvgIpc) is 3.38. The summed E-state index contributed by atoms with van der Waals surface area (Å²) in [6, 6.07) is 5.59. The van der Waals surface area contributed by atoms with Crippen molar-refractivity contribution in [2.24, 2.45) is 5.92 Å². The number of amides is 1. The number of hydrogen-bond acceptors (Lipinski definition) is 3. The number of carbonyl (C=O) groups excluding carboxylic acids is 1. The maximum atomic E-state index is 12.4. The van der Waals surface area contributed by atoms with E-state index in [2.05, 4.69) is 11.4 Å². The first-order valence-corrected chi connectivity index (χ1v) is 8.44. The number of nitrogens with one attached hydrogen (secondary N) is 1. The quantitative estimate of drug-likeness (QED) is 0.829. The molecule has 4 nitrogen and oxygen atoms in total. The summed E-state index contributed by atoms with van der Waals surface area (Å²) in [6.07, 6.45) is 1.76. The summed E-state index contributed by atoms with van der Waals surface area (Å²) in [4.78, 5) is 12.4. The van der Waals surface area contributed by atoms with Crippen molar-refractivity contribution in [2.45, 2.75) is 51.7 Å². The van der Waals surface area contributed by atoms with E-state index >= 15 is 0 Å². The molecule has 1 saturated carbocycles. The predicted molar refractivity (Wildman–Crippen MR) is 90.8 cm³/mol. The summed E-state index contributed by atoms with van der Waals surface area (Å²) < 4.78 is 5.67. The second kappa shape index (κ2) is 6.98. The zero-order valence-electron chi connectivity index (χ0n) is 13.5. The summed E-state index contributed by atoms with van der Waals surface area (Å²) in [5.41, 5.74) is -0.0923. The van der Waals surface area contributed by atoms with Gasteiger partial charge in [0.2, 0.25) is 0 Å². The number of hydrogen-bond donors (Lipinski definition) is 1. The van der Waals surface area contributed by atoms with Gasteiger partial charge in [0.15, 0.2) is 6.10 Å². The van der Waals surface area contributed by atoms with Crippen LogP contribution in [0.25, 0.3) is 0 Å². The molecular weight excluding hydrogens is 335 g/mol. The van der Waals surface area contributed by atoms with Crippen molar-refractivity contribution in [2.75, 3.05) is 0 Å². The molecule has 23 heavy (non-hydrogen) atoms. The van der Waals surface area contributed by atoms with Gasteiger partial charge in [0.05, 0.1) is 11.1 Å². The van der Waals surface area contributed by atoms with Crippen molar-refractivity contribution in [3.05, 3.63) is 27.7 Å². The molecule has 0 heterocycles. The molecular formula is C17H20Cl2N2O2. The van der Waals surface area contributed by atoms with E-state index in [1.807, 2.05) is 6.92 Å². The van der Waals surface area contributed by atoms with Gasteiger partial charge in [-0.2, -0.15) is 5.26 Å². The van der Waals surface area contributed by atoms with Crippen LogP contribution in [0.3, 0.4) is 0 Å². The second-order valence-corrected chi connectivity index (χ2v) is 6.73. The number of halogens is 2. The van der Waals surface area contributed by atoms with E-state index in [9.17, 15) is 10.1 Å². The third-order valence-corrected chi connectivity index (χ3v) is 5.21. The Morgan fingerprint density at radius 3 is 2.70 bits per heavy atom. The van der Waals surface area contributed by atoms with Crippen LogP contribution in [0.2, 0.25) is 10.0 Å². The van der Waals surface area contributed by atoms with E-state index in [0.29, 0.717) is 27.8 Å². The van der Waals surface area contributed by atoms with Crippen molar-refractivity contribution in [1.29, 1.82) is 5.26 Å².